The van der Waals surface area contributed by atoms with Crippen LogP contribution in [0.4, 0.5) is 5.69 Å². The zero-order chi connectivity index (χ0) is 12.8. The lowest BCUT2D eigenvalue weighted by Crippen LogP contribution is -2.45. The highest BCUT2D eigenvalue weighted by molar-refractivity contribution is 5.76. The third-order valence-electron chi connectivity index (χ3n) is 3.31. The number of hydrogen-bond donors (Lipinski definition) is 2. The first-order valence-electron chi connectivity index (χ1n) is 6.49. The van der Waals surface area contributed by atoms with E-state index in [0.29, 0.717) is 18.9 Å². The second-order valence-electron chi connectivity index (χ2n) is 4.84. The van der Waals surface area contributed by atoms with Gasteiger partial charge in [0.05, 0.1) is 0 Å². The van der Waals surface area contributed by atoms with Gasteiger partial charge in [-0.2, -0.15) is 0 Å². The number of likely N-dealkylation sites (N-methyl/N-ethyl adjacent to an activating group) is 1. The van der Waals surface area contributed by atoms with Gasteiger partial charge < -0.3 is 15.5 Å². The number of rotatable bonds is 6. The summed E-state index contributed by atoms with van der Waals surface area (Å²) in [5.41, 5.74) is 1.18. The molecule has 2 rings (SSSR count). The Balaban J connectivity index is 1.64. The van der Waals surface area contributed by atoms with Gasteiger partial charge in [-0.3, -0.25) is 4.79 Å². The number of carbonyl (C=O) groups is 1. The Kier molecular flexibility index (Phi) is 4.59. The van der Waals surface area contributed by atoms with E-state index in [1.165, 1.54) is 5.69 Å². The number of amides is 1. The minimum Gasteiger partial charge on any atom is -0.373 e. The van der Waals surface area contributed by atoms with E-state index in [9.17, 15) is 4.79 Å². The largest absolute Gasteiger partial charge is 0.373 e. The molecule has 0 atom stereocenters. The Bertz CT molecular complexity index is 376. The van der Waals surface area contributed by atoms with Crippen LogP contribution < -0.4 is 15.5 Å². The van der Waals surface area contributed by atoms with Gasteiger partial charge in [-0.15, -0.1) is 0 Å². The van der Waals surface area contributed by atoms with Gasteiger partial charge in [-0.05, 0) is 31.1 Å². The van der Waals surface area contributed by atoms with E-state index >= 15 is 0 Å². The van der Waals surface area contributed by atoms with E-state index in [4.69, 9.17) is 0 Å². The highest BCUT2D eigenvalue weighted by Crippen LogP contribution is 2.10. The maximum Gasteiger partial charge on any atom is 0.220 e. The van der Waals surface area contributed by atoms with Gasteiger partial charge in [-0.1, -0.05) is 18.2 Å². The number of nitrogens with zero attached hydrogens (tertiary/aromatic N) is 1. The lowest BCUT2D eigenvalue weighted by Gasteiger charge is -2.26. The van der Waals surface area contributed by atoms with Crippen LogP contribution in [0.2, 0.25) is 0 Å². The molecule has 1 heterocycles. The number of hydrogen-bond acceptors (Lipinski definition) is 3. The van der Waals surface area contributed by atoms with Crippen molar-refractivity contribution < 1.29 is 4.79 Å². The molecule has 1 aromatic rings. The highest BCUT2D eigenvalue weighted by Gasteiger charge is 2.19. The Morgan fingerprint density at radius 3 is 2.72 bits per heavy atom. The Hall–Kier alpha value is -1.55. The number of para-hydroxylation sites is 1. The zero-order valence-corrected chi connectivity index (χ0v) is 10.9. The van der Waals surface area contributed by atoms with Crippen molar-refractivity contribution in [3.05, 3.63) is 30.3 Å². The number of carbonyl (C=O) groups excluding carboxylic acids is 1. The summed E-state index contributed by atoms with van der Waals surface area (Å²) >= 11 is 0. The van der Waals surface area contributed by atoms with E-state index < -0.39 is 0 Å². The molecule has 1 aromatic carbocycles. The first-order valence-corrected chi connectivity index (χ1v) is 6.49. The number of anilines is 1. The van der Waals surface area contributed by atoms with Crippen molar-refractivity contribution >= 4 is 11.6 Å². The van der Waals surface area contributed by atoms with Crippen LogP contribution in [0.1, 0.15) is 6.42 Å². The summed E-state index contributed by atoms with van der Waals surface area (Å²) in [6, 6.07) is 10.2. The molecule has 1 amide bonds. The van der Waals surface area contributed by atoms with Gasteiger partial charge in [-0.25, -0.2) is 0 Å². The van der Waals surface area contributed by atoms with Gasteiger partial charge in [0.15, 0.2) is 0 Å². The van der Waals surface area contributed by atoms with Gasteiger partial charge >= 0.3 is 0 Å². The van der Waals surface area contributed by atoms with Crippen LogP contribution in [0.25, 0.3) is 0 Å². The number of benzene rings is 1. The molecule has 0 aliphatic carbocycles. The minimum atomic E-state index is 0.169. The van der Waals surface area contributed by atoms with Crippen molar-refractivity contribution in [3.63, 3.8) is 0 Å². The van der Waals surface area contributed by atoms with Crippen molar-refractivity contribution in [2.75, 3.05) is 38.1 Å². The smallest absolute Gasteiger partial charge is 0.220 e. The van der Waals surface area contributed by atoms with Crippen LogP contribution in [-0.4, -0.2) is 39.1 Å². The second kappa shape index (κ2) is 6.40. The molecule has 0 unspecified atom stereocenters. The standard InChI is InChI=1S/C14H21N3O/c1-17(13-5-3-2-4-6-13)8-7-16-14(18)9-12-10-15-11-12/h2-6,12,15H,7-11H2,1H3,(H,16,18). The summed E-state index contributed by atoms with van der Waals surface area (Å²) < 4.78 is 0. The average Bonchev–Trinajstić information content (AvgIpc) is 2.35. The lowest BCUT2D eigenvalue weighted by molar-refractivity contribution is -0.122. The molecule has 1 fully saturated rings. The molecule has 1 saturated heterocycles. The van der Waals surface area contributed by atoms with Crippen molar-refractivity contribution in [2.45, 2.75) is 6.42 Å². The minimum absolute atomic E-state index is 0.169. The molecule has 0 spiro atoms. The fourth-order valence-electron chi connectivity index (χ4n) is 2.00. The molecule has 4 heteroatoms. The zero-order valence-electron chi connectivity index (χ0n) is 10.9. The average molecular weight is 247 g/mol. The maximum absolute atomic E-state index is 11.6. The summed E-state index contributed by atoms with van der Waals surface area (Å²) in [5.74, 6) is 0.708. The molecule has 18 heavy (non-hydrogen) atoms. The third kappa shape index (κ3) is 3.74. The van der Waals surface area contributed by atoms with Crippen molar-refractivity contribution in [3.8, 4) is 0 Å². The van der Waals surface area contributed by atoms with Crippen molar-refractivity contribution in [1.82, 2.24) is 10.6 Å². The Labute approximate surface area is 108 Å². The second-order valence-corrected chi connectivity index (χ2v) is 4.84. The van der Waals surface area contributed by atoms with Crippen LogP contribution in [0.15, 0.2) is 30.3 Å². The van der Waals surface area contributed by atoms with E-state index in [1.54, 1.807) is 0 Å². The molecule has 1 aliphatic heterocycles. The fraction of sp³-hybridized carbons (Fsp3) is 0.500. The van der Waals surface area contributed by atoms with Crippen molar-refractivity contribution in [1.29, 1.82) is 0 Å². The van der Waals surface area contributed by atoms with Crippen LogP contribution in [0.5, 0.6) is 0 Å². The maximum atomic E-state index is 11.6. The Morgan fingerprint density at radius 2 is 2.11 bits per heavy atom. The van der Waals surface area contributed by atoms with E-state index in [0.717, 1.165) is 19.6 Å². The van der Waals surface area contributed by atoms with Crippen molar-refractivity contribution in [2.24, 2.45) is 5.92 Å². The van der Waals surface area contributed by atoms with Gasteiger partial charge in [0.1, 0.15) is 0 Å². The molecule has 1 aliphatic rings. The summed E-state index contributed by atoms with van der Waals surface area (Å²) in [5, 5.41) is 6.15. The Morgan fingerprint density at radius 1 is 1.39 bits per heavy atom. The topological polar surface area (TPSA) is 44.4 Å². The van der Waals surface area contributed by atoms with Crippen LogP contribution in [0.3, 0.4) is 0 Å². The van der Waals surface area contributed by atoms with Crippen LogP contribution in [0, 0.1) is 5.92 Å². The molecule has 4 nitrogen and oxygen atoms in total. The summed E-state index contributed by atoms with van der Waals surface area (Å²) in [6.07, 6.45) is 0.655. The van der Waals surface area contributed by atoms with Gasteiger partial charge in [0.2, 0.25) is 5.91 Å². The van der Waals surface area contributed by atoms with E-state index in [1.807, 2.05) is 25.2 Å². The first-order chi connectivity index (χ1) is 8.75. The SMILES string of the molecule is CN(CCNC(=O)CC1CNC1)c1ccccc1. The molecule has 2 N–H and O–H groups in total. The molecule has 98 valence electrons. The monoisotopic (exact) mass is 247 g/mol. The summed E-state index contributed by atoms with van der Waals surface area (Å²) in [6.45, 7) is 3.50. The fourth-order valence-corrected chi connectivity index (χ4v) is 2.00. The predicted octanol–water partition coefficient (Wildman–Crippen LogP) is 0.849. The van der Waals surface area contributed by atoms with Gasteiger partial charge in [0.25, 0.3) is 0 Å². The van der Waals surface area contributed by atoms with E-state index in [2.05, 4.69) is 27.7 Å². The van der Waals surface area contributed by atoms with Crippen LogP contribution in [-0.2, 0) is 4.79 Å². The normalized spacial score (nSPS) is 14.9. The quantitative estimate of drug-likeness (QED) is 0.783. The summed E-state index contributed by atoms with van der Waals surface area (Å²) in [7, 11) is 2.04. The highest BCUT2D eigenvalue weighted by atomic mass is 16.1. The van der Waals surface area contributed by atoms with Gasteiger partial charge in [0, 0.05) is 32.2 Å². The molecular weight excluding hydrogens is 226 g/mol. The molecule has 0 bridgehead atoms. The summed E-state index contributed by atoms with van der Waals surface area (Å²) in [4.78, 5) is 13.8. The molecule has 0 aromatic heterocycles. The number of nitrogens with one attached hydrogen (secondary N) is 2. The van der Waals surface area contributed by atoms with Crippen LogP contribution >= 0.6 is 0 Å². The molecule has 0 saturated carbocycles. The third-order valence-corrected chi connectivity index (χ3v) is 3.31. The van der Waals surface area contributed by atoms with E-state index in [-0.39, 0.29) is 5.91 Å². The first kappa shape index (κ1) is 12.9. The molecular formula is C14H21N3O. The predicted molar refractivity (Wildman–Crippen MR) is 73.7 cm³/mol. The molecule has 0 radical (unpaired) electrons. The lowest BCUT2D eigenvalue weighted by atomic mass is 9.99.